The lowest BCUT2D eigenvalue weighted by molar-refractivity contribution is -0.147. The summed E-state index contributed by atoms with van der Waals surface area (Å²) in [6.45, 7) is 13.3. The number of amides is 4. The average molecular weight is 718 g/mol. The molecular formula is C38H63N5O8. The van der Waals surface area contributed by atoms with Crippen molar-refractivity contribution in [1.29, 1.82) is 0 Å². The van der Waals surface area contributed by atoms with Gasteiger partial charge in [-0.3, -0.25) is 19.2 Å². The van der Waals surface area contributed by atoms with Crippen molar-refractivity contribution in [3.05, 3.63) is 35.9 Å². The number of methoxy groups -OCH3 is 1. The van der Waals surface area contributed by atoms with Crippen molar-refractivity contribution < 1.29 is 38.9 Å². The summed E-state index contributed by atoms with van der Waals surface area (Å²) >= 11 is 0. The van der Waals surface area contributed by atoms with Crippen LogP contribution in [0.1, 0.15) is 79.7 Å². The van der Waals surface area contributed by atoms with Gasteiger partial charge in [0.05, 0.1) is 49.8 Å². The molecule has 288 valence electrons. The molecule has 0 saturated carbocycles. The normalized spacial score (nSPS) is 19.3. The van der Waals surface area contributed by atoms with E-state index in [1.54, 1.807) is 21.0 Å². The molecular weight excluding hydrogens is 654 g/mol. The molecule has 1 aliphatic rings. The number of nitrogens with zero attached hydrogens (tertiary/aromatic N) is 2. The average Bonchev–Trinajstić information content (AvgIpc) is 3.59. The lowest BCUT2D eigenvalue weighted by Crippen LogP contribution is -2.59. The first kappa shape index (κ1) is 43.6. The Kier molecular flexibility index (Phi) is 17.5. The number of rotatable bonds is 19. The number of aliphatic hydroxyl groups excluding tert-OH is 2. The van der Waals surface area contributed by atoms with Crippen LogP contribution in [0.2, 0.25) is 0 Å². The number of nitrogens with one attached hydrogen (secondary N) is 3. The Labute approximate surface area is 304 Å². The predicted molar refractivity (Wildman–Crippen MR) is 195 cm³/mol. The molecule has 0 aliphatic carbocycles. The highest BCUT2D eigenvalue weighted by Crippen LogP contribution is 2.28. The minimum Gasteiger partial charge on any atom is -0.467 e. The molecule has 1 saturated heterocycles. The van der Waals surface area contributed by atoms with Crippen LogP contribution in [0, 0.1) is 23.7 Å². The van der Waals surface area contributed by atoms with Crippen LogP contribution in [-0.2, 0) is 35.1 Å². The van der Waals surface area contributed by atoms with E-state index in [1.165, 1.54) is 16.9 Å². The monoisotopic (exact) mass is 717 g/mol. The van der Waals surface area contributed by atoms with E-state index in [1.807, 2.05) is 71.9 Å². The first-order valence-electron chi connectivity index (χ1n) is 18.3. The number of aliphatic hydroxyl groups is 2. The molecule has 1 aromatic carbocycles. The van der Waals surface area contributed by atoms with Gasteiger partial charge in [0.25, 0.3) is 0 Å². The van der Waals surface area contributed by atoms with E-state index in [-0.39, 0.29) is 42.4 Å². The molecule has 0 unspecified atom stereocenters. The Balaban J connectivity index is 2.18. The first-order valence-corrected chi connectivity index (χ1v) is 18.3. The molecule has 13 nitrogen and oxygen atoms in total. The van der Waals surface area contributed by atoms with Gasteiger partial charge in [0, 0.05) is 20.0 Å². The second-order valence-corrected chi connectivity index (χ2v) is 14.7. The quantitative estimate of drug-likeness (QED) is 0.134. The van der Waals surface area contributed by atoms with Crippen molar-refractivity contribution in [2.45, 2.75) is 123 Å². The Morgan fingerprint density at radius 1 is 0.941 bits per heavy atom. The number of carbonyl (C=O) groups excluding carboxylic acids is 5. The maximum Gasteiger partial charge on any atom is 0.328 e. The van der Waals surface area contributed by atoms with Gasteiger partial charge in [0.2, 0.25) is 23.6 Å². The summed E-state index contributed by atoms with van der Waals surface area (Å²) in [6, 6.07) is 5.48. The maximum atomic E-state index is 13.9. The third-order valence-corrected chi connectivity index (χ3v) is 10.3. The molecule has 1 aliphatic heterocycles. The maximum absolute atomic E-state index is 13.9. The Morgan fingerprint density at radius 2 is 1.55 bits per heavy atom. The van der Waals surface area contributed by atoms with Gasteiger partial charge in [-0.25, -0.2) is 4.79 Å². The molecule has 51 heavy (non-hydrogen) atoms. The molecule has 1 heterocycles. The number of benzene rings is 1. The fraction of sp³-hybridized carbons (Fsp3) is 0.711. The van der Waals surface area contributed by atoms with Gasteiger partial charge in [0.15, 0.2) is 0 Å². The highest BCUT2D eigenvalue weighted by molar-refractivity contribution is 5.90. The van der Waals surface area contributed by atoms with Crippen LogP contribution in [0.4, 0.5) is 0 Å². The number of hydrogen-bond donors (Lipinski definition) is 5. The van der Waals surface area contributed by atoms with E-state index < -0.39 is 66.1 Å². The third kappa shape index (κ3) is 11.7. The standard InChI is InChI=1S/C38H63N5O8/c1-11-24(6)33(42(9)37(49)32(23(4)5)41-36(48)31(39-8)22(2)3)29(44)21-30(45)43-19-15-18-28(43)34(46)25(7)35(47)40-27(38(50)51-10)20-26-16-13-12-14-17-26/h12-14,16-17,22-25,27-29,31-34,39,44,46H,11,15,18-21H2,1-10H3,(H,40,47)(H,41,48)/t24-,25+,27-,28-,29+,31-,32-,33-,34+/m0/s1. The van der Waals surface area contributed by atoms with Gasteiger partial charge in [-0.05, 0) is 43.2 Å². The van der Waals surface area contributed by atoms with Gasteiger partial charge < -0.3 is 40.7 Å². The topological polar surface area (TPSA) is 178 Å². The van der Waals surface area contributed by atoms with Crippen molar-refractivity contribution in [2.75, 3.05) is 27.7 Å². The molecule has 9 atom stereocenters. The molecule has 0 spiro atoms. The number of hydrogen-bond acceptors (Lipinski definition) is 9. The molecule has 13 heteroatoms. The van der Waals surface area contributed by atoms with Crippen molar-refractivity contribution >= 4 is 29.6 Å². The number of likely N-dealkylation sites (tertiary alicyclic amines) is 1. The van der Waals surface area contributed by atoms with Gasteiger partial charge in [0.1, 0.15) is 12.1 Å². The summed E-state index contributed by atoms with van der Waals surface area (Å²) in [7, 11) is 4.53. The summed E-state index contributed by atoms with van der Waals surface area (Å²) < 4.78 is 4.91. The van der Waals surface area contributed by atoms with E-state index in [0.717, 1.165) is 5.56 Å². The van der Waals surface area contributed by atoms with E-state index >= 15 is 0 Å². The van der Waals surface area contributed by atoms with Crippen LogP contribution in [0.3, 0.4) is 0 Å². The third-order valence-electron chi connectivity index (χ3n) is 10.3. The molecule has 0 aromatic heterocycles. The van der Waals surface area contributed by atoms with E-state index in [4.69, 9.17) is 4.74 Å². The summed E-state index contributed by atoms with van der Waals surface area (Å²) in [5.74, 6) is -3.60. The zero-order chi connectivity index (χ0) is 38.6. The zero-order valence-electron chi connectivity index (χ0n) is 32.2. The fourth-order valence-corrected chi connectivity index (χ4v) is 7.00. The highest BCUT2D eigenvalue weighted by Gasteiger charge is 2.42. The highest BCUT2D eigenvalue weighted by atomic mass is 16.5. The summed E-state index contributed by atoms with van der Waals surface area (Å²) in [4.78, 5) is 69.6. The second kappa shape index (κ2) is 20.5. The molecule has 1 aromatic rings. The zero-order valence-corrected chi connectivity index (χ0v) is 32.2. The van der Waals surface area contributed by atoms with Crippen molar-refractivity contribution in [2.24, 2.45) is 23.7 Å². The van der Waals surface area contributed by atoms with Crippen LogP contribution >= 0.6 is 0 Å². The second-order valence-electron chi connectivity index (χ2n) is 14.7. The van der Waals surface area contributed by atoms with Gasteiger partial charge >= 0.3 is 5.97 Å². The lowest BCUT2D eigenvalue weighted by atomic mass is 9.89. The number of esters is 1. The van der Waals surface area contributed by atoms with Crippen LogP contribution in [0.5, 0.6) is 0 Å². The lowest BCUT2D eigenvalue weighted by Gasteiger charge is -2.39. The minimum atomic E-state index is -1.24. The van der Waals surface area contributed by atoms with Crippen LogP contribution in [-0.4, -0.2) is 120 Å². The fourth-order valence-electron chi connectivity index (χ4n) is 7.00. The van der Waals surface area contributed by atoms with E-state index in [2.05, 4.69) is 16.0 Å². The van der Waals surface area contributed by atoms with Gasteiger partial charge in [-0.15, -0.1) is 0 Å². The minimum absolute atomic E-state index is 0.00180. The smallest absolute Gasteiger partial charge is 0.328 e. The Morgan fingerprint density at radius 3 is 2.08 bits per heavy atom. The summed E-state index contributed by atoms with van der Waals surface area (Å²) in [6.07, 6.45) is -0.880. The van der Waals surface area contributed by atoms with Crippen LogP contribution in [0.25, 0.3) is 0 Å². The van der Waals surface area contributed by atoms with Gasteiger partial charge in [-0.2, -0.15) is 0 Å². The molecule has 5 N–H and O–H groups in total. The largest absolute Gasteiger partial charge is 0.467 e. The number of ether oxygens (including phenoxy) is 1. The van der Waals surface area contributed by atoms with Crippen molar-refractivity contribution in [3.8, 4) is 0 Å². The number of carbonyl (C=O) groups is 5. The van der Waals surface area contributed by atoms with Crippen molar-refractivity contribution in [3.63, 3.8) is 0 Å². The summed E-state index contributed by atoms with van der Waals surface area (Å²) in [5, 5.41) is 31.6. The van der Waals surface area contributed by atoms with Crippen molar-refractivity contribution in [1.82, 2.24) is 25.8 Å². The summed E-state index contributed by atoms with van der Waals surface area (Å²) in [5.41, 5.74) is 0.827. The number of likely N-dealkylation sites (N-methyl/N-ethyl adjacent to an activating group) is 2. The molecule has 2 rings (SSSR count). The first-order chi connectivity index (χ1) is 24.0. The van der Waals surface area contributed by atoms with E-state index in [0.29, 0.717) is 25.8 Å². The molecule has 1 fully saturated rings. The SMILES string of the molecule is CC[C@H](C)[C@@H]([C@H](O)CC(=O)N1CCC[C@H]1[C@H](O)[C@@H](C)C(=O)N[C@@H](Cc1ccccc1)C(=O)OC)N(C)C(=O)[C@@H](NC(=O)[C@@H](NC)C(C)C)C(C)C. The molecule has 4 amide bonds. The van der Waals surface area contributed by atoms with Crippen LogP contribution in [0.15, 0.2) is 30.3 Å². The molecule has 0 radical (unpaired) electrons. The molecule has 0 bridgehead atoms. The Bertz CT molecular complexity index is 1290. The Hall–Kier alpha value is -3.55. The van der Waals surface area contributed by atoms with E-state index in [9.17, 15) is 34.2 Å². The van der Waals surface area contributed by atoms with Gasteiger partial charge in [-0.1, -0.05) is 85.2 Å². The van der Waals surface area contributed by atoms with Crippen LogP contribution < -0.4 is 16.0 Å². The predicted octanol–water partition coefficient (Wildman–Crippen LogP) is 1.88.